The van der Waals surface area contributed by atoms with Gasteiger partial charge in [0.2, 0.25) is 0 Å². The van der Waals surface area contributed by atoms with E-state index >= 15 is 0 Å². The Hall–Kier alpha value is -2.23. The van der Waals surface area contributed by atoms with E-state index in [1.165, 1.54) is 5.56 Å². The van der Waals surface area contributed by atoms with Crippen LogP contribution in [0.5, 0.6) is 0 Å². The highest BCUT2D eigenvalue weighted by atomic mass is 35.5. The first kappa shape index (κ1) is 17.6. The Labute approximate surface area is 157 Å². The van der Waals surface area contributed by atoms with Crippen LogP contribution in [0.3, 0.4) is 0 Å². The van der Waals surface area contributed by atoms with Gasteiger partial charge in [0.25, 0.3) is 5.91 Å². The van der Waals surface area contributed by atoms with E-state index in [0.29, 0.717) is 22.2 Å². The number of aromatic nitrogens is 1. The van der Waals surface area contributed by atoms with Crippen molar-refractivity contribution in [1.29, 1.82) is 0 Å². The molecule has 2 N–H and O–H groups in total. The number of rotatable bonds is 5. The maximum absolute atomic E-state index is 11.8. The Morgan fingerprint density at radius 3 is 2.40 bits per heavy atom. The van der Waals surface area contributed by atoms with Gasteiger partial charge in [-0.15, -0.1) is 0 Å². The van der Waals surface area contributed by atoms with Crippen LogP contribution in [-0.2, 0) is 13.0 Å². The minimum atomic E-state index is -0.434. The van der Waals surface area contributed by atoms with E-state index in [4.69, 9.17) is 28.9 Å². The van der Waals surface area contributed by atoms with Crippen LogP contribution in [0, 0.1) is 6.92 Å². The molecular formula is C20H18Cl2N2O. The summed E-state index contributed by atoms with van der Waals surface area (Å²) >= 11 is 12.3. The van der Waals surface area contributed by atoms with Crippen molar-refractivity contribution in [2.45, 2.75) is 19.9 Å². The highest BCUT2D eigenvalue weighted by molar-refractivity contribution is 6.33. The highest BCUT2D eigenvalue weighted by Crippen LogP contribution is 2.31. The van der Waals surface area contributed by atoms with Crippen LogP contribution in [-0.4, -0.2) is 10.5 Å². The zero-order chi connectivity index (χ0) is 18.0. The van der Waals surface area contributed by atoms with Crippen LogP contribution in [0.25, 0.3) is 11.3 Å². The van der Waals surface area contributed by atoms with Crippen molar-refractivity contribution in [2.24, 2.45) is 5.73 Å². The fourth-order valence-electron chi connectivity index (χ4n) is 2.97. The Bertz CT molecular complexity index is 914. The number of primary amides is 1. The molecule has 0 fully saturated rings. The molecule has 0 radical (unpaired) electrons. The Morgan fingerprint density at radius 1 is 1.08 bits per heavy atom. The number of hydrogen-bond donors (Lipinski definition) is 1. The summed E-state index contributed by atoms with van der Waals surface area (Å²) in [5.41, 5.74) is 9.85. The molecule has 3 rings (SSSR count). The summed E-state index contributed by atoms with van der Waals surface area (Å²) in [6.07, 6.45) is 0.808. The molecule has 0 aliphatic heterocycles. The van der Waals surface area contributed by atoms with Crippen molar-refractivity contribution in [3.8, 4) is 11.3 Å². The standard InChI is InChI=1S/C20H18Cl2N2O/c1-13-17(20(23)25)12-19(16-4-2-3-5-18(16)22)24(13)11-10-14-6-8-15(21)9-7-14/h2-9,12H,10-11H2,1H3,(H2,23,25). The summed E-state index contributed by atoms with van der Waals surface area (Å²) in [5.74, 6) is -0.434. The molecule has 0 spiro atoms. The third-order valence-electron chi connectivity index (χ3n) is 4.32. The van der Waals surface area contributed by atoms with Gasteiger partial charge in [-0.1, -0.05) is 53.5 Å². The van der Waals surface area contributed by atoms with Gasteiger partial charge >= 0.3 is 0 Å². The third-order valence-corrected chi connectivity index (χ3v) is 4.90. The monoisotopic (exact) mass is 372 g/mol. The number of halogens is 2. The Morgan fingerprint density at radius 2 is 1.76 bits per heavy atom. The van der Waals surface area contributed by atoms with Gasteiger partial charge in [-0.05, 0) is 43.2 Å². The molecule has 0 aliphatic carbocycles. The fourth-order valence-corrected chi connectivity index (χ4v) is 3.33. The second-order valence-electron chi connectivity index (χ2n) is 5.90. The van der Waals surface area contributed by atoms with Crippen molar-refractivity contribution >= 4 is 29.1 Å². The van der Waals surface area contributed by atoms with Crippen LogP contribution in [0.1, 0.15) is 21.6 Å². The van der Waals surface area contributed by atoms with Crippen molar-refractivity contribution < 1.29 is 4.79 Å². The first-order valence-corrected chi connectivity index (χ1v) is 8.72. The molecule has 0 saturated heterocycles. The van der Waals surface area contributed by atoms with Gasteiger partial charge < -0.3 is 10.3 Å². The van der Waals surface area contributed by atoms with Crippen molar-refractivity contribution in [3.05, 3.63) is 81.5 Å². The van der Waals surface area contributed by atoms with E-state index < -0.39 is 5.91 Å². The number of carbonyl (C=O) groups excluding carboxylic acids is 1. The summed E-state index contributed by atoms with van der Waals surface area (Å²) < 4.78 is 2.09. The minimum absolute atomic E-state index is 0.434. The number of nitrogens with two attached hydrogens (primary N) is 1. The molecule has 1 aromatic heterocycles. The second-order valence-corrected chi connectivity index (χ2v) is 6.74. The van der Waals surface area contributed by atoms with E-state index in [0.717, 1.165) is 23.4 Å². The van der Waals surface area contributed by atoms with Gasteiger partial charge in [-0.2, -0.15) is 0 Å². The summed E-state index contributed by atoms with van der Waals surface area (Å²) in [6.45, 7) is 2.61. The fraction of sp³-hybridized carbons (Fsp3) is 0.150. The van der Waals surface area contributed by atoms with Crippen LogP contribution >= 0.6 is 23.2 Å². The lowest BCUT2D eigenvalue weighted by atomic mass is 10.1. The molecule has 1 heterocycles. The molecule has 0 atom stereocenters. The number of amides is 1. The maximum Gasteiger partial charge on any atom is 0.250 e. The lowest BCUT2D eigenvalue weighted by Crippen LogP contribution is -2.13. The molecule has 0 unspecified atom stereocenters. The van der Waals surface area contributed by atoms with Crippen molar-refractivity contribution in [3.63, 3.8) is 0 Å². The molecule has 0 saturated carbocycles. The number of hydrogen-bond acceptors (Lipinski definition) is 1. The summed E-state index contributed by atoms with van der Waals surface area (Å²) in [6, 6.07) is 17.2. The van der Waals surface area contributed by atoms with Gasteiger partial charge in [-0.25, -0.2) is 0 Å². The van der Waals surface area contributed by atoms with Crippen LogP contribution < -0.4 is 5.73 Å². The molecule has 3 nitrogen and oxygen atoms in total. The first-order valence-electron chi connectivity index (χ1n) is 7.96. The maximum atomic E-state index is 11.8. The van der Waals surface area contributed by atoms with Crippen LogP contribution in [0.4, 0.5) is 0 Å². The third kappa shape index (κ3) is 3.73. The predicted octanol–water partition coefficient (Wildman–Crippen LogP) is 5.11. The quantitative estimate of drug-likeness (QED) is 0.664. The summed E-state index contributed by atoms with van der Waals surface area (Å²) in [7, 11) is 0. The smallest absolute Gasteiger partial charge is 0.250 e. The van der Waals surface area contributed by atoms with Crippen molar-refractivity contribution in [2.75, 3.05) is 0 Å². The number of nitrogens with zero attached hydrogens (tertiary/aromatic N) is 1. The average molecular weight is 373 g/mol. The molecular weight excluding hydrogens is 355 g/mol. The van der Waals surface area contributed by atoms with E-state index in [2.05, 4.69) is 4.57 Å². The lowest BCUT2D eigenvalue weighted by Gasteiger charge is -2.13. The van der Waals surface area contributed by atoms with E-state index in [1.807, 2.05) is 61.5 Å². The zero-order valence-corrected chi connectivity index (χ0v) is 15.3. The molecule has 1 amide bonds. The molecule has 0 aliphatic rings. The number of benzene rings is 2. The lowest BCUT2D eigenvalue weighted by molar-refractivity contribution is 0.0999. The van der Waals surface area contributed by atoms with Gasteiger partial charge in [0, 0.05) is 27.8 Å². The molecule has 128 valence electrons. The zero-order valence-electron chi connectivity index (χ0n) is 13.8. The second kappa shape index (κ2) is 7.34. The molecule has 2 aromatic carbocycles. The first-order chi connectivity index (χ1) is 12.0. The SMILES string of the molecule is Cc1c(C(N)=O)cc(-c2ccccc2Cl)n1CCc1ccc(Cl)cc1. The van der Waals surface area contributed by atoms with Crippen LogP contribution in [0.2, 0.25) is 10.0 Å². The minimum Gasteiger partial charge on any atom is -0.366 e. The largest absolute Gasteiger partial charge is 0.366 e. The summed E-state index contributed by atoms with van der Waals surface area (Å²) in [5, 5.41) is 1.36. The topological polar surface area (TPSA) is 48.0 Å². The van der Waals surface area contributed by atoms with E-state index in [9.17, 15) is 4.79 Å². The predicted molar refractivity (Wildman–Crippen MR) is 103 cm³/mol. The van der Waals surface area contributed by atoms with E-state index in [-0.39, 0.29) is 0 Å². The van der Waals surface area contributed by atoms with Gasteiger partial charge in [-0.3, -0.25) is 4.79 Å². The van der Waals surface area contributed by atoms with Gasteiger partial charge in [0.15, 0.2) is 0 Å². The summed E-state index contributed by atoms with van der Waals surface area (Å²) in [4.78, 5) is 11.8. The van der Waals surface area contributed by atoms with E-state index in [1.54, 1.807) is 0 Å². The molecule has 5 heteroatoms. The average Bonchev–Trinajstić information content (AvgIpc) is 2.91. The number of carbonyl (C=O) groups is 1. The normalized spacial score (nSPS) is 10.8. The molecule has 3 aromatic rings. The number of aryl methyl sites for hydroxylation is 1. The Balaban J connectivity index is 2.00. The Kier molecular flexibility index (Phi) is 5.16. The molecule has 25 heavy (non-hydrogen) atoms. The van der Waals surface area contributed by atoms with Gasteiger partial charge in [0.1, 0.15) is 0 Å². The van der Waals surface area contributed by atoms with Crippen LogP contribution in [0.15, 0.2) is 54.6 Å². The molecule has 0 bridgehead atoms. The van der Waals surface area contributed by atoms with Crippen molar-refractivity contribution in [1.82, 2.24) is 4.57 Å². The highest BCUT2D eigenvalue weighted by Gasteiger charge is 2.18. The van der Waals surface area contributed by atoms with Gasteiger partial charge in [0.05, 0.1) is 11.3 Å².